The van der Waals surface area contributed by atoms with Gasteiger partial charge in [0.05, 0.1) is 0 Å². The van der Waals surface area contributed by atoms with Gasteiger partial charge in [-0.2, -0.15) is 0 Å². The van der Waals surface area contributed by atoms with E-state index in [0.29, 0.717) is 16.7 Å². The maximum atomic E-state index is 5.89. The molecule has 0 spiro atoms. The third kappa shape index (κ3) is 2.01. The standard InChI is InChI=1S/C7H12Cl2/c1-5(8)6-2-3-7(9)4-6/h5-7H,2-4H2,1H3. The molecule has 9 heavy (non-hydrogen) atoms. The van der Waals surface area contributed by atoms with Crippen molar-refractivity contribution < 1.29 is 0 Å². The van der Waals surface area contributed by atoms with Crippen molar-refractivity contribution in [3.8, 4) is 0 Å². The van der Waals surface area contributed by atoms with Gasteiger partial charge in [-0.25, -0.2) is 0 Å². The Bertz CT molecular complexity index is 90.9. The number of hydrogen-bond donors (Lipinski definition) is 0. The van der Waals surface area contributed by atoms with Crippen LogP contribution in [0.25, 0.3) is 0 Å². The Balaban J connectivity index is 2.30. The largest absolute Gasteiger partial charge is 0.123 e. The molecule has 2 heteroatoms. The van der Waals surface area contributed by atoms with Crippen molar-refractivity contribution in [1.82, 2.24) is 0 Å². The first-order valence-electron chi connectivity index (χ1n) is 3.48. The van der Waals surface area contributed by atoms with Crippen LogP contribution in [-0.2, 0) is 0 Å². The van der Waals surface area contributed by atoms with Gasteiger partial charge in [0.1, 0.15) is 0 Å². The van der Waals surface area contributed by atoms with Crippen LogP contribution < -0.4 is 0 Å². The molecule has 1 rings (SSSR count). The number of halogens is 2. The first-order chi connectivity index (χ1) is 4.20. The van der Waals surface area contributed by atoms with Gasteiger partial charge >= 0.3 is 0 Å². The van der Waals surface area contributed by atoms with Crippen molar-refractivity contribution in [2.24, 2.45) is 5.92 Å². The van der Waals surface area contributed by atoms with E-state index in [1.807, 2.05) is 0 Å². The summed E-state index contributed by atoms with van der Waals surface area (Å²) in [6.07, 6.45) is 3.49. The van der Waals surface area contributed by atoms with Crippen LogP contribution in [0.3, 0.4) is 0 Å². The quantitative estimate of drug-likeness (QED) is 0.526. The molecule has 0 nitrogen and oxygen atoms in total. The molecule has 0 heterocycles. The van der Waals surface area contributed by atoms with Gasteiger partial charge in [0.2, 0.25) is 0 Å². The predicted molar refractivity (Wildman–Crippen MR) is 42.3 cm³/mol. The second-order valence-corrected chi connectivity index (χ2v) is 4.15. The van der Waals surface area contributed by atoms with Crippen molar-refractivity contribution in [3.05, 3.63) is 0 Å². The van der Waals surface area contributed by atoms with Crippen LogP contribution in [0.2, 0.25) is 0 Å². The lowest BCUT2D eigenvalue weighted by Crippen LogP contribution is -2.06. The summed E-state index contributed by atoms with van der Waals surface area (Å²) < 4.78 is 0. The lowest BCUT2D eigenvalue weighted by molar-refractivity contribution is 0.539. The zero-order valence-corrected chi connectivity index (χ0v) is 7.12. The third-order valence-electron chi connectivity index (χ3n) is 2.06. The van der Waals surface area contributed by atoms with E-state index >= 15 is 0 Å². The Hall–Kier alpha value is 0.580. The summed E-state index contributed by atoms with van der Waals surface area (Å²) in [6.45, 7) is 2.06. The summed E-state index contributed by atoms with van der Waals surface area (Å²) in [6, 6.07) is 0. The lowest BCUT2D eigenvalue weighted by Gasteiger charge is -2.09. The summed E-state index contributed by atoms with van der Waals surface area (Å²) in [5.74, 6) is 0.675. The van der Waals surface area contributed by atoms with Crippen molar-refractivity contribution in [1.29, 1.82) is 0 Å². The summed E-state index contributed by atoms with van der Waals surface area (Å²) in [5.41, 5.74) is 0. The number of rotatable bonds is 1. The second kappa shape index (κ2) is 3.12. The molecular formula is C7H12Cl2. The number of alkyl halides is 2. The van der Waals surface area contributed by atoms with E-state index in [0.717, 1.165) is 12.8 Å². The van der Waals surface area contributed by atoms with Crippen molar-refractivity contribution in [2.75, 3.05) is 0 Å². The van der Waals surface area contributed by atoms with Crippen LogP contribution in [0.15, 0.2) is 0 Å². The predicted octanol–water partition coefficient (Wildman–Crippen LogP) is 3.02. The van der Waals surface area contributed by atoms with Crippen molar-refractivity contribution in [2.45, 2.75) is 36.9 Å². The smallest absolute Gasteiger partial charge is 0.0339 e. The summed E-state index contributed by atoms with van der Waals surface area (Å²) in [7, 11) is 0. The minimum Gasteiger partial charge on any atom is -0.123 e. The van der Waals surface area contributed by atoms with Crippen LogP contribution in [0.1, 0.15) is 26.2 Å². The Morgan fingerprint density at radius 1 is 1.44 bits per heavy atom. The maximum Gasteiger partial charge on any atom is 0.0339 e. The maximum absolute atomic E-state index is 5.89. The molecule has 3 unspecified atom stereocenters. The fraction of sp³-hybridized carbons (Fsp3) is 1.00. The average Bonchev–Trinajstić information content (AvgIpc) is 2.14. The Morgan fingerprint density at radius 2 is 2.11 bits per heavy atom. The van der Waals surface area contributed by atoms with Gasteiger partial charge in [0.25, 0.3) is 0 Å². The summed E-state index contributed by atoms with van der Waals surface area (Å²) in [4.78, 5) is 0. The molecule has 0 radical (unpaired) electrons. The topological polar surface area (TPSA) is 0 Å². The highest BCUT2D eigenvalue weighted by Gasteiger charge is 2.25. The molecule has 1 saturated carbocycles. The van der Waals surface area contributed by atoms with E-state index in [4.69, 9.17) is 23.2 Å². The van der Waals surface area contributed by atoms with Crippen molar-refractivity contribution >= 4 is 23.2 Å². The van der Waals surface area contributed by atoms with Crippen LogP contribution in [0.4, 0.5) is 0 Å². The molecule has 1 aliphatic rings. The van der Waals surface area contributed by atoms with E-state index < -0.39 is 0 Å². The number of hydrogen-bond acceptors (Lipinski definition) is 0. The summed E-state index contributed by atoms with van der Waals surface area (Å²) >= 11 is 11.8. The van der Waals surface area contributed by atoms with Gasteiger partial charge in [-0.15, -0.1) is 23.2 Å². The molecule has 0 aliphatic heterocycles. The minimum absolute atomic E-state index is 0.314. The minimum atomic E-state index is 0.314. The van der Waals surface area contributed by atoms with E-state index in [1.165, 1.54) is 6.42 Å². The highest BCUT2D eigenvalue weighted by atomic mass is 35.5. The van der Waals surface area contributed by atoms with Crippen LogP contribution in [0, 0.1) is 5.92 Å². The summed E-state index contributed by atoms with van der Waals surface area (Å²) in [5, 5.41) is 0.713. The van der Waals surface area contributed by atoms with Crippen molar-refractivity contribution in [3.63, 3.8) is 0 Å². The zero-order chi connectivity index (χ0) is 6.85. The molecular weight excluding hydrogens is 155 g/mol. The Labute approximate surface area is 66.5 Å². The highest BCUT2D eigenvalue weighted by molar-refractivity contribution is 6.22. The first kappa shape index (κ1) is 7.68. The molecule has 0 N–H and O–H groups in total. The lowest BCUT2D eigenvalue weighted by atomic mass is 10.1. The fourth-order valence-corrected chi connectivity index (χ4v) is 1.96. The fourth-order valence-electron chi connectivity index (χ4n) is 1.38. The molecule has 54 valence electrons. The molecule has 0 aromatic carbocycles. The highest BCUT2D eigenvalue weighted by Crippen LogP contribution is 2.33. The van der Waals surface area contributed by atoms with Gasteiger partial charge in [-0.05, 0) is 32.1 Å². The van der Waals surface area contributed by atoms with E-state index in [1.54, 1.807) is 0 Å². The van der Waals surface area contributed by atoms with Gasteiger partial charge < -0.3 is 0 Å². The van der Waals surface area contributed by atoms with Gasteiger partial charge in [-0.3, -0.25) is 0 Å². The van der Waals surface area contributed by atoms with Crippen LogP contribution in [-0.4, -0.2) is 10.8 Å². The SMILES string of the molecule is CC(Cl)C1CCC(Cl)C1. The Morgan fingerprint density at radius 3 is 2.33 bits per heavy atom. The van der Waals surface area contributed by atoms with E-state index in [9.17, 15) is 0 Å². The molecule has 1 aliphatic carbocycles. The molecule has 0 saturated heterocycles. The first-order valence-corrected chi connectivity index (χ1v) is 4.35. The zero-order valence-electron chi connectivity index (χ0n) is 5.61. The monoisotopic (exact) mass is 166 g/mol. The molecule has 3 atom stereocenters. The second-order valence-electron chi connectivity index (χ2n) is 2.85. The van der Waals surface area contributed by atoms with Gasteiger partial charge in [-0.1, -0.05) is 0 Å². The third-order valence-corrected chi connectivity index (χ3v) is 2.81. The van der Waals surface area contributed by atoms with Gasteiger partial charge in [0.15, 0.2) is 0 Å². The molecule has 0 bridgehead atoms. The Kier molecular flexibility index (Phi) is 2.66. The van der Waals surface area contributed by atoms with E-state index in [-0.39, 0.29) is 0 Å². The molecule has 0 aromatic rings. The van der Waals surface area contributed by atoms with Crippen LogP contribution in [0.5, 0.6) is 0 Å². The van der Waals surface area contributed by atoms with E-state index in [2.05, 4.69) is 6.92 Å². The molecule has 0 aromatic heterocycles. The van der Waals surface area contributed by atoms with Gasteiger partial charge in [0, 0.05) is 10.8 Å². The molecule has 0 amide bonds. The van der Waals surface area contributed by atoms with Crippen LogP contribution >= 0.6 is 23.2 Å². The molecule has 1 fully saturated rings. The normalized spacial score (nSPS) is 39.0. The average molecular weight is 167 g/mol.